The van der Waals surface area contributed by atoms with E-state index >= 15 is 0 Å². The van der Waals surface area contributed by atoms with Gasteiger partial charge in [-0.2, -0.15) is 0 Å². The van der Waals surface area contributed by atoms with Crippen molar-refractivity contribution in [1.82, 2.24) is 9.71 Å². The molecular weight excluding hydrogens is 326 g/mol. The fourth-order valence-corrected chi connectivity index (χ4v) is 4.46. The molecule has 2 aliphatic heterocycles. The summed E-state index contributed by atoms with van der Waals surface area (Å²) >= 11 is 0. The summed E-state index contributed by atoms with van der Waals surface area (Å²) in [5.41, 5.74) is 3.63. The number of carbonyl (C=O) groups is 1. The second kappa shape index (κ2) is 5.68. The SMILES string of the molecule is O=C1CCc2cc(S(=O)(=O)NCc3cccnc3)cc3c2N1CC3. The van der Waals surface area contributed by atoms with Gasteiger partial charge in [-0.05, 0) is 47.7 Å². The fraction of sp³-hybridized carbons (Fsp3) is 0.294. The standard InChI is InChI=1S/C17H17N3O3S/c21-16-4-3-13-8-15(9-14-5-7-20(16)17(13)14)24(22,23)19-11-12-2-1-6-18-10-12/h1-2,6,8-10,19H,3-5,7,11H2. The first kappa shape index (κ1) is 15.3. The van der Waals surface area contributed by atoms with Gasteiger partial charge in [0.05, 0.1) is 10.6 Å². The number of pyridine rings is 1. The van der Waals surface area contributed by atoms with Crippen LogP contribution in [-0.2, 0) is 34.2 Å². The molecule has 0 radical (unpaired) electrons. The molecule has 0 fully saturated rings. The first-order valence-corrected chi connectivity index (χ1v) is 9.38. The average molecular weight is 343 g/mol. The van der Waals surface area contributed by atoms with Crippen LogP contribution in [0.3, 0.4) is 0 Å². The van der Waals surface area contributed by atoms with Gasteiger partial charge in [0.2, 0.25) is 15.9 Å². The van der Waals surface area contributed by atoms with Crippen molar-refractivity contribution in [3.05, 3.63) is 53.3 Å². The van der Waals surface area contributed by atoms with Gasteiger partial charge < -0.3 is 4.90 Å². The van der Waals surface area contributed by atoms with Gasteiger partial charge in [0.25, 0.3) is 0 Å². The van der Waals surface area contributed by atoms with Crippen LogP contribution in [0.15, 0.2) is 41.6 Å². The van der Waals surface area contributed by atoms with E-state index in [0.717, 1.165) is 22.4 Å². The van der Waals surface area contributed by atoms with Crippen LogP contribution in [0.25, 0.3) is 0 Å². The highest BCUT2D eigenvalue weighted by Gasteiger charge is 2.32. The van der Waals surface area contributed by atoms with E-state index in [1.165, 1.54) is 0 Å². The Bertz CT molecular complexity index is 910. The minimum absolute atomic E-state index is 0.131. The molecule has 0 saturated carbocycles. The van der Waals surface area contributed by atoms with Crippen LogP contribution in [0.4, 0.5) is 5.69 Å². The number of carbonyl (C=O) groups excluding carboxylic acids is 1. The van der Waals surface area contributed by atoms with Gasteiger partial charge in [0.15, 0.2) is 0 Å². The molecule has 4 rings (SSSR count). The maximum Gasteiger partial charge on any atom is 0.240 e. The lowest BCUT2D eigenvalue weighted by Crippen LogP contribution is -2.33. The van der Waals surface area contributed by atoms with Crippen molar-refractivity contribution in [2.75, 3.05) is 11.4 Å². The zero-order valence-corrected chi connectivity index (χ0v) is 13.8. The van der Waals surface area contributed by atoms with Gasteiger partial charge in [-0.25, -0.2) is 13.1 Å². The molecule has 0 bridgehead atoms. The third-order valence-electron chi connectivity index (χ3n) is 4.52. The summed E-state index contributed by atoms with van der Waals surface area (Å²) in [6.45, 7) is 0.848. The molecule has 2 aromatic rings. The molecule has 1 amide bonds. The number of hydrogen-bond acceptors (Lipinski definition) is 4. The Labute approximate surface area is 140 Å². The zero-order valence-electron chi connectivity index (χ0n) is 13.0. The van der Waals surface area contributed by atoms with Crippen LogP contribution in [0.1, 0.15) is 23.1 Å². The maximum atomic E-state index is 12.6. The Hall–Kier alpha value is -2.25. The minimum Gasteiger partial charge on any atom is -0.312 e. The van der Waals surface area contributed by atoms with Crippen molar-refractivity contribution in [3.8, 4) is 0 Å². The highest BCUT2D eigenvalue weighted by molar-refractivity contribution is 7.89. The molecule has 1 aromatic carbocycles. The van der Waals surface area contributed by atoms with Crippen molar-refractivity contribution in [2.45, 2.75) is 30.7 Å². The summed E-state index contributed by atoms with van der Waals surface area (Å²) in [5, 5.41) is 0. The largest absolute Gasteiger partial charge is 0.312 e. The molecule has 1 aromatic heterocycles. The summed E-state index contributed by atoms with van der Waals surface area (Å²) in [6.07, 6.45) is 5.04. The van der Waals surface area contributed by atoms with Gasteiger partial charge in [-0.1, -0.05) is 6.07 Å². The Morgan fingerprint density at radius 1 is 1.17 bits per heavy atom. The number of aryl methyl sites for hydroxylation is 1. The van der Waals surface area contributed by atoms with E-state index in [2.05, 4.69) is 9.71 Å². The maximum absolute atomic E-state index is 12.6. The van der Waals surface area contributed by atoms with E-state index in [1.807, 2.05) is 6.07 Å². The Morgan fingerprint density at radius 3 is 2.71 bits per heavy atom. The van der Waals surface area contributed by atoms with Crippen LogP contribution in [0.5, 0.6) is 0 Å². The average Bonchev–Trinajstić information content (AvgIpc) is 3.03. The smallest absolute Gasteiger partial charge is 0.240 e. The number of hydrogen-bond donors (Lipinski definition) is 1. The first-order chi connectivity index (χ1) is 11.5. The highest BCUT2D eigenvalue weighted by atomic mass is 32.2. The van der Waals surface area contributed by atoms with Gasteiger partial charge in [0, 0.05) is 31.9 Å². The number of anilines is 1. The predicted octanol–water partition coefficient (Wildman–Crippen LogP) is 1.40. The summed E-state index contributed by atoms with van der Waals surface area (Å²) < 4.78 is 27.9. The summed E-state index contributed by atoms with van der Waals surface area (Å²) in [7, 11) is -3.60. The van der Waals surface area contributed by atoms with Crippen LogP contribution < -0.4 is 9.62 Å². The lowest BCUT2D eigenvalue weighted by molar-refractivity contribution is -0.118. The molecular formula is C17H17N3O3S. The number of aromatic nitrogens is 1. The van der Waals surface area contributed by atoms with Crippen molar-refractivity contribution in [1.29, 1.82) is 0 Å². The van der Waals surface area contributed by atoms with E-state index in [-0.39, 0.29) is 17.3 Å². The molecule has 3 heterocycles. The van der Waals surface area contributed by atoms with Crippen LogP contribution >= 0.6 is 0 Å². The highest BCUT2D eigenvalue weighted by Crippen LogP contribution is 2.38. The van der Waals surface area contributed by atoms with Gasteiger partial charge >= 0.3 is 0 Å². The number of amides is 1. The molecule has 2 aliphatic rings. The molecule has 0 atom stereocenters. The Balaban J connectivity index is 1.64. The van der Waals surface area contributed by atoms with Crippen LogP contribution in [0.2, 0.25) is 0 Å². The molecule has 124 valence electrons. The van der Waals surface area contributed by atoms with Crippen LogP contribution in [-0.4, -0.2) is 25.9 Å². The lowest BCUT2D eigenvalue weighted by atomic mass is 10.00. The molecule has 0 saturated heterocycles. The Morgan fingerprint density at radius 2 is 1.96 bits per heavy atom. The van der Waals surface area contributed by atoms with Gasteiger partial charge in [0.1, 0.15) is 0 Å². The van der Waals surface area contributed by atoms with E-state index in [9.17, 15) is 13.2 Å². The summed E-state index contributed by atoms with van der Waals surface area (Å²) in [4.78, 5) is 18.0. The molecule has 0 unspecified atom stereocenters. The van der Waals surface area contributed by atoms with Gasteiger partial charge in [-0.3, -0.25) is 9.78 Å². The second-order valence-corrected chi connectivity index (χ2v) is 7.84. The quantitative estimate of drug-likeness (QED) is 0.910. The minimum atomic E-state index is -3.60. The van der Waals surface area contributed by atoms with Crippen molar-refractivity contribution in [3.63, 3.8) is 0 Å². The molecule has 0 spiro atoms. The molecule has 7 heteroatoms. The van der Waals surface area contributed by atoms with E-state index in [0.29, 0.717) is 25.8 Å². The van der Waals surface area contributed by atoms with E-state index < -0.39 is 10.0 Å². The molecule has 24 heavy (non-hydrogen) atoms. The van der Waals surface area contributed by atoms with E-state index in [4.69, 9.17) is 0 Å². The zero-order chi connectivity index (χ0) is 16.7. The molecule has 1 N–H and O–H groups in total. The molecule has 0 aliphatic carbocycles. The van der Waals surface area contributed by atoms with Crippen molar-refractivity contribution in [2.24, 2.45) is 0 Å². The number of sulfonamides is 1. The monoisotopic (exact) mass is 343 g/mol. The van der Waals surface area contributed by atoms with Gasteiger partial charge in [-0.15, -0.1) is 0 Å². The third-order valence-corrected chi connectivity index (χ3v) is 5.91. The summed E-state index contributed by atoms with van der Waals surface area (Å²) in [6, 6.07) is 7.00. The Kier molecular flexibility index (Phi) is 3.62. The van der Waals surface area contributed by atoms with Crippen molar-refractivity contribution >= 4 is 21.6 Å². The normalized spacial score (nSPS) is 16.3. The second-order valence-electron chi connectivity index (χ2n) is 6.07. The third kappa shape index (κ3) is 2.59. The number of benzene rings is 1. The van der Waals surface area contributed by atoms with E-state index in [1.54, 1.807) is 35.5 Å². The predicted molar refractivity (Wildman–Crippen MR) is 89.1 cm³/mol. The van der Waals surface area contributed by atoms with Crippen molar-refractivity contribution < 1.29 is 13.2 Å². The summed E-state index contributed by atoms with van der Waals surface area (Å²) in [5.74, 6) is 0.131. The van der Waals surface area contributed by atoms with Crippen LogP contribution in [0, 0.1) is 0 Å². The first-order valence-electron chi connectivity index (χ1n) is 7.89. The molecule has 6 nitrogen and oxygen atoms in total. The lowest BCUT2D eigenvalue weighted by Gasteiger charge is -2.25. The topological polar surface area (TPSA) is 79.4 Å². The number of nitrogens with zero attached hydrogens (tertiary/aromatic N) is 2. The fourth-order valence-electron chi connectivity index (χ4n) is 3.35. The number of nitrogens with one attached hydrogen (secondary N) is 1. The number of rotatable bonds is 4.